The number of nitrogens with one attached hydrogen (secondary N) is 1. The third-order valence-electron chi connectivity index (χ3n) is 1.76. The molecule has 14 heavy (non-hydrogen) atoms. The van der Waals surface area contributed by atoms with Gasteiger partial charge in [0.25, 0.3) is 0 Å². The summed E-state index contributed by atoms with van der Waals surface area (Å²) in [6.45, 7) is 2.53. The lowest BCUT2D eigenvalue weighted by Gasteiger charge is -1.89. The standard InChI is InChI=1S/C9H11N3OS/c1-6-3-7(14-5-6)9-10-8(4-13-2)11-12-9/h3,5H,4H2,1-2H3,(H,10,11,12). The number of H-pyrrole nitrogens is 1. The number of aromatic amines is 1. The second kappa shape index (κ2) is 3.89. The number of rotatable bonds is 3. The van der Waals surface area contributed by atoms with E-state index in [2.05, 4.69) is 33.6 Å². The van der Waals surface area contributed by atoms with E-state index in [4.69, 9.17) is 4.74 Å². The molecule has 0 atom stereocenters. The third-order valence-corrected chi connectivity index (χ3v) is 2.81. The van der Waals surface area contributed by atoms with E-state index in [9.17, 15) is 0 Å². The zero-order valence-corrected chi connectivity index (χ0v) is 8.89. The van der Waals surface area contributed by atoms with Crippen LogP contribution in [0.2, 0.25) is 0 Å². The van der Waals surface area contributed by atoms with E-state index in [-0.39, 0.29) is 0 Å². The van der Waals surface area contributed by atoms with Crippen molar-refractivity contribution in [2.24, 2.45) is 0 Å². The average molecular weight is 209 g/mol. The Labute approximate surface area is 86.0 Å². The second-order valence-corrected chi connectivity index (χ2v) is 3.94. The molecule has 74 valence electrons. The minimum atomic E-state index is 0.470. The fourth-order valence-electron chi connectivity index (χ4n) is 1.16. The molecule has 2 aromatic heterocycles. The lowest BCUT2D eigenvalue weighted by molar-refractivity contribution is 0.178. The summed E-state index contributed by atoms with van der Waals surface area (Å²) in [6, 6.07) is 2.07. The van der Waals surface area contributed by atoms with E-state index in [1.807, 2.05) is 0 Å². The predicted octanol–water partition coefficient (Wildman–Crippen LogP) is 1.99. The number of thiophene rings is 1. The predicted molar refractivity (Wildman–Crippen MR) is 55.1 cm³/mol. The number of ether oxygens (including phenoxy) is 1. The SMILES string of the molecule is COCc1nc(-c2cc(C)cs2)n[nH]1. The molecule has 0 spiro atoms. The van der Waals surface area contributed by atoms with Gasteiger partial charge in [0.1, 0.15) is 6.61 Å². The molecular formula is C9H11N3OS. The van der Waals surface area contributed by atoms with Crippen LogP contribution in [0.1, 0.15) is 11.4 Å². The summed E-state index contributed by atoms with van der Waals surface area (Å²) in [5, 5.41) is 9.03. The Bertz CT molecular complexity index is 421. The maximum absolute atomic E-state index is 4.95. The van der Waals surface area contributed by atoms with Crippen molar-refractivity contribution in [1.82, 2.24) is 15.2 Å². The van der Waals surface area contributed by atoms with E-state index in [1.165, 1.54) is 5.56 Å². The van der Waals surface area contributed by atoms with Crippen LogP contribution >= 0.6 is 11.3 Å². The van der Waals surface area contributed by atoms with Gasteiger partial charge in [0.05, 0.1) is 4.88 Å². The molecule has 2 heterocycles. The molecule has 0 aliphatic carbocycles. The number of hydrogen-bond acceptors (Lipinski definition) is 4. The molecule has 0 unspecified atom stereocenters. The quantitative estimate of drug-likeness (QED) is 0.841. The Hall–Kier alpha value is -1.20. The van der Waals surface area contributed by atoms with Crippen LogP contribution in [-0.2, 0) is 11.3 Å². The van der Waals surface area contributed by atoms with Crippen molar-refractivity contribution >= 4 is 11.3 Å². The van der Waals surface area contributed by atoms with Gasteiger partial charge in [0, 0.05) is 7.11 Å². The monoisotopic (exact) mass is 209 g/mol. The van der Waals surface area contributed by atoms with Crippen LogP contribution in [0.25, 0.3) is 10.7 Å². The highest BCUT2D eigenvalue weighted by atomic mass is 32.1. The molecule has 4 nitrogen and oxygen atoms in total. The van der Waals surface area contributed by atoms with Crippen LogP contribution in [0.15, 0.2) is 11.4 Å². The number of methoxy groups -OCH3 is 1. The van der Waals surface area contributed by atoms with Crippen LogP contribution in [0.3, 0.4) is 0 Å². The van der Waals surface area contributed by atoms with Gasteiger partial charge in [-0.2, -0.15) is 5.10 Å². The largest absolute Gasteiger partial charge is 0.377 e. The summed E-state index contributed by atoms with van der Waals surface area (Å²) >= 11 is 1.65. The topological polar surface area (TPSA) is 50.8 Å². The lowest BCUT2D eigenvalue weighted by Crippen LogP contribution is -1.89. The van der Waals surface area contributed by atoms with Gasteiger partial charge in [-0.25, -0.2) is 4.98 Å². The molecule has 0 saturated heterocycles. The minimum absolute atomic E-state index is 0.470. The molecule has 0 saturated carbocycles. The lowest BCUT2D eigenvalue weighted by atomic mass is 10.3. The van der Waals surface area contributed by atoms with Crippen molar-refractivity contribution in [3.05, 3.63) is 22.8 Å². The fourth-order valence-corrected chi connectivity index (χ4v) is 1.99. The van der Waals surface area contributed by atoms with Gasteiger partial charge in [0.2, 0.25) is 0 Å². The smallest absolute Gasteiger partial charge is 0.191 e. The van der Waals surface area contributed by atoms with Crippen molar-refractivity contribution in [3.8, 4) is 10.7 Å². The maximum atomic E-state index is 4.95. The van der Waals surface area contributed by atoms with Gasteiger partial charge in [0.15, 0.2) is 11.6 Å². The van der Waals surface area contributed by atoms with Crippen LogP contribution in [0.5, 0.6) is 0 Å². The second-order valence-electron chi connectivity index (χ2n) is 3.03. The molecule has 0 amide bonds. The zero-order chi connectivity index (χ0) is 9.97. The van der Waals surface area contributed by atoms with E-state index in [0.29, 0.717) is 6.61 Å². The first-order valence-electron chi connectivity index (χ1n) is 4.25. The van der Waals surface area contributed by atoms with Crippen molar-refractivity contribution in [2.75, 3.05) is 7.11 Å². The summed E-state index contributed by atoms with van der Waals surface area (Å²) in [5.41, 5.74) is 1.24. The molecule has 2 rings (SSSR count). The van der Waals surface area contributed by atoms with Crippen LogP contribution in [0, 0.1) is 6.92 Å². The van der Waals surface area contributed by atoms with Crippen LogP contribution in [-0.4, -0.2) is 22.3 Å². The first-order valence-corrected chi connectivity index (χ1v) is 5.13. The normalized spacial score (nSPS) is 10.7. The first kappa shape index (κ1) is 9.36. The molecule has 0 aliphatic rings. The van der Waals surface area contributed by atoms with Crippen molar-refractivity contribution in [2.45, 2.75) is 13.5 Å². The molecule has 0 bridgehead atoms. The Morgan fingerprint density at radius 2 is 2.43 bits per heavy atom. The molecule has 0 aliphatic heterocycles. The first-order chi connectivity index (χ1) is 6.79. The molecule has 0 fully saturated rings. The Balaban J connectivity index is 2.24. The average Bonchev–Trinajstić information content (AvgIpc) is 2.74. The minimum Gasteiger partial charge on any atom is -0.377 e. The fraction of sp³-hybridized carbons (Fsp3) is 0.333. The Morgan fingerprint density at radius 3 is 3.07 bits per heavy atom. The number of hydrogen-bond donors (Lipinski definition) is 1. The number of aryl methyl sites for hydroxylation is 1. The number of nitrogens with zero attached hydrogens (tertiary/aromatic N) is 2. The van der Waals surface area contributed by atoms with Crippen molar-refractivity contribution < 1.29 is 4.74 Å². The van der Waals surface area contributed by atoms with Gasteiger partial charge < -0.3 is 4.74 Å². The highest BCUT2D eigenvalue weighted by molar-refractivity contribution is 7.13. The summed E-state index contributed by atoms with van der Waals surface area (Å²) in [4.78, 5) is 5.39. The van der Waals surface area contributed by atoms with Gasteiger partial charge in [-0.1, -0.05) is 0 Å². The molecule has 0 radical (unpaired) electrons. The molecule has 1 N–H and O–H groups in total. The van der Waals surface area contributed by atoms with Crippen molar-refractivity contribution in [1.29, 1.82) is 0 Å². The summed E-state index contributed by atoms with van der Waals surface area (Å²) in [6.07, 6.45) is 0. The van der Waals surface area contributed by atoms with E-state index < -0.39 is 0 Å². The van der Waals surface area contributed by atoms with Gasteiger partial charge in [-0.3, -0.25) is 5.10 Å². The van der Waals surface area contributed by atoms with E-state index in [0.717, 1.165) is 16.5 Å². The summed E-state index contributed by atoms with van der Waals surface area (Å²) in [5.74, 6) is 1.50. The van der Waals surface area contributed by atoms with Gasteiger partial charge in [-0.05, 0) is 23.9 Å². The maximum Gasteiger partial charge on any atom is 0.191 e. The third kappa shape index (κ3) is 1.83. The Kier molecular flexibility index (Phi) is 2.60. The molecular weight excluding hydrogens is 198 g/mol. The number of aromatic nitrogens is 3. The van der Waals surface area contributed by atoms with Crippen LogP contribution < -0.4 is 0 Å². The van der Waals surface area contributed by atoms with Crippen LogP contribution in [0.4, 0.5) is 0 Å². The van der Waals surface area contributed by atoms with E-state index >= 15 is 0 Å². The van der Waals surface area contributed by atoms with Gasteiger partial charge >= 0.3 is 0 Å². The summed E-state index contributed by atoms with van der Waals surface area (Å²) < 4.78 is 4.95. The zero-order valence-electron chi connectivity index (χ0n) is 8.07. The highest BCUT2D eigenvalue weighted by Gasteiger charge is 2.06. The molecule has 0 aromatic carbocycles. The Morgan fingerprint density at radius 1 is 1.57 bits per heavy atom. The molecule has 5 heteroatoms. The summed E-state index contributed by atoms with van der Waals surface area (Å²) in [7, 11) is 1.64. The van der Waals surface area contributed by atoms with E-state index in [1.54, 1.807) is 18.4 Å². The van der Waals surface area contributed by atoms with Gasteiger partial charge in [-0.15, -0.1) is 11.3 Å². The molecule has 2 aromatic rings. The van der Waals surface area contributed by atoms with Crippen molar-refractivity contribution in [3.63, 3.8) is 0 Å². The highest BCUT2D eigenvalue weighted by Crippen LogP contribution is 2.23.